The Hall–Kier alpha value is -0.170. The number of aliphatic hydroxyl groups is 5. The molecular formula is C28H57O11P. The number of hydrogen-bond acceptors (Lipinski definition) is 10. The first-order chi connectivity index (χ1) is 19.1. The number of unbranched alkanes of at least 4 members (excludes halogenated alkanes) is 15. The summed E-state index contributed by atoms with van der Waals surface area (Å²) in [7, 11) is -3.41. The average molecular weight is 601 g/mol. The quantitative estimate of drug-likeness (QED) is 0.0667. The predicted molar refractivity (Wildman–Crippen MR) is 152 cm³/mol. The van der Waals surface area contributed by atoms with E-state index in [1.807, 2.05) is 0 Å². The van der Waals surface area contributed by atoms with Crippen LogP contribution in [0.15, 0.2) is 0 Å². The standard InChI is InChI=1S/C28H57O11P/c1-3-4-5-6-7-8-9-10-11-12-13-14-15-16-17-18-19-37-20-22(36-2)21-38-40(34,35)39-28-26(32)24(30)23(29)25(31)27(28)33/h22-33H,3-21H2,1-2H3,(H,34,35). The fourth-order valence-electron chi connectivity index (χ4n) is 4.83. The molecule has 0 saturated heterocycles. The molecule has 0 aromatic carbocycles. The zero-order valence-electron chi connectivity index (χ0n) is 24.6. The van der Waals surface area contributed by atoms with Crippen molar-refractivity contribution in [1.82, 2.24) is 0 Å². The number of aliphatic hydroxyl groups excluding tert-OH is 5. The summed E-state index contributed by atoms with van der Waals surface area (Å²) in [4.78, 5) is 9.98. The maximum Gasteiger partial charge on any atom is 0.472 e. The third-order valence-electron chi connectivity index (χ3n) is 7.53. The van der Waals surface area contributed by atoms with Crippen molar-refractivity contribution in [3.05, 3.63) is 0 Å². The molecule has 0 radical (unpaired) electrons. The van der Waals surface area contributed by atoms with Gasteiger partial charge in [-0.05, 0) is 6.42 Å². The highest BCUT2D eigenvalue weighted by Gasteiger charge is 2.51. The maximum atomic E-state index is 12.3. The highest BCUT2D eigenvalue weighted by atomic mass is 31.2. The van der Waals surface area contributed by atoms with E-state index in [1.54, 1.807) is 0 Å². The van der Waals surface area contributed by atoms with Gasteiger partial charge in [0, 0.05) is 13.7 Å². The van der Waals surface area contributed by atoms with Gasteiger partial charge in [-0.25, -0.2) is 4.57 Å². The molecule has 40 heavy (non-hydrogen) atoms. The molecule has 1 aliphatic rings. The molecule has 0 aromatic rings. The number of methoxy groups -OCH3 is 1. The van der Waals surface area contributed by atoms with Crippen LogP contribution in [0.5, 0.6) is 0 Å². The van der Waals surface area contributed by atoms with Crippen molar-refractivity contribution in [3.63, 3.8) is 0 Å². The second-order valence-electron chi connectivity index (χ2n) is 11.0. The topological polar surface area (TPSA) is 175 Å². The summed E-state index contributed by atoms with van der Waals surface area (Å²) in [5.74, 6) is 0. The molecule has 240 valence electrons. The van der Waals surface area contributed by atoms with Gasteiger partial charge in [-0.3, -0.25) is 9.05 Å². The molecule has 0 aromatic heterocycles. The molecule has 12 heteroatoms. The van der Waals surface area contributed by atoms with Crippen LogP contribution in [0.1, 0.15) is 110 Å². The van der Waals surface area contributed by atoms with Crippen LogP contribution in [0.2, 0.25) is 0 Å². The van der Waals surface area contributed by atoms with Crippen LogP contribution in [-0.2, 0) is 23.1 Å². The van der Waals surface area contributed by atoms with Crippen LogP contribution in [-0.4, -0.2) is 100 Å². The number of hydrogen-bond donors (Lipinski definition) is 6. The Morgan fingerprint density at radius 3 is 1.45 bits per heavy atom. The van der Waals surface area contributed by atoms with Gasteiger partial charge in [0.1, 0.15) is 42.7 Å². The summed E-state index contributed by atoms with van der Waals surface area (Å²) in [6.45, 7) is 2.55. The summed E-state index contributed by atoms with van der Waals surface area (Å²) in [5.41, 5.74) is 0. The molecule has 1 rings (SSSR count). The highest BCUT2D eigenvalue weighted by molar-refractivity contribution is 7.47. The molecule has 11 nitrogen and oxygen atoms in total. The van der Waals surface area contributed by atoms with Crippen LogP contribution < -0.4 is 0 Å². The monoisotopic (exact) mass is 600 g/mol. The zero-order chi connectivity index (χ0) is 29.8. The van der Waals surface area contributed by atoms with Gasteiger partial charge in [0.15, 0.2) is 0 Å². The van der Waals surface area contributed by atoms with E-state index in [4.69, 9.17) is 18.5 Å². The molecule has 6 atom stereocenters. The van der Waals surface area contributed by atoms with Gasteiger partial charge < -0.3 is 39.9 Å². The van der Waals surface area contributed by atoms with Crippen LogP contribution in [0.25, 0.3) is 0 Å². The third-order valence-corrected chi connectivity index (χ3v) is 8.52. The lowest BCUT2D eigenvalue weighted by Gasteiger charge is -2.41. The van der Waals surface area contributed by atoms with E-state index in [1.165, 1.54) is 97.0 Å². The predicted octanol–water partition coefficient (Wildman–Crippen LogP) is 3.60. The SMILES string of the molecule is CCCCCCCCCCCCCCCCCCOCC(COP(=O)(O)OC1C(O)C(O)C(O)C(O)C1O)OC. The molecule has 1 aliphatic carbocycles. The van der Waals surface area contributed by atoms with Crippen LogP contribution >= 0.6 is 7.82 Å². The van der Waals surface area contributed by atoms with Crippen molar-refractivity contribution < 1.29 is 53.5 Å². The molecule has 0 heterocycles. The van der Waals surface area contributed by atoms with E-state index in [9.17, 15) is 35.0 Å². The zero-order valence-corrected chi connectivity index (χ0v) is 25.5. The highest BCUT2D eigenvalue weighted by Crippen LogP contribution is 2.47. The number of ether oxygens (including phenoxy) is 2. The van der Waals surface area contributed by atoms with E-state index >= 15 is 0 Å². The maximum absolute atomic E-state index is 12.3. The van der Waals surface area contributed by atoms with Gasteiger partial charge in [0.05, 0.1) is 13.2 Å². The van der Waals surface area contributed by atoms with Crippen molar-refractivity contribution in [2.24, 2.45) is 0 Å². The van der Waals surface area contributed by atoms with Gasteiger partial charge in [-0.2, -0.15) is 0 Å². The van der Waals surface area contributed by atoms with E-state index < -0.39 is 50.6 Å². The van der Waals surface area contributed by atoms with Crippen molar-refractivity contribution in [3.8, 4) is 0 Å². The summed E-state index contributed by atoms with van der Waals surface area (Å²) in [6, 6.07) is 0. The summed E-state index contributed by atoms with van der Waals surface area (Å²) in [5, 5.41) is 49.0. The normalized spacial score (nSPS) is 27.5. The van der Waals surface area contributed by atoms with E-state index in [0.717, 1.165) is 12.8 Å². The molecule has 6 unspecified atom stereocenters. The van der Waals surface area contributed by atoms with Crippen LogP contribution in [0, 0.1) is 0 Å². The van der Waals surface area contributed by atoms with Crippen molar-refractivity contribution in [2.45, 2.75) is 152 Å². The lowest BCUT2D eigenvalue weighted by atomic mass is 9.85. The summed E-state index contributed by atoms with van der Waals surface area (Å²) < 4.78 is 32.8. The van der Waals surface area contributed by atoms with Gasteiger partial charge >= 0.3 is 7.82 Å². The number of phosphoric acid groups is 1. The third kappa shape index (κ3) is 15.9. The average Bonchev–Trinajstić information content (AvgIpc) is 2.94. The fraction of sp³-hybridized carbons (Fsp3) is 1.00. The first-order valence-corrected chi connectivity index (χ1v) is 16.8. The van der Waals surface area contributed by atoms with Crippen LogP contribution in [0.4, 0.5) is 0 Å². The molecule has 0 aliphatic heterocycles. The molecule has 1 saturated carbocycles. The minimum atomic E-state index is -4.81. The molecule has 0 bridgehead atoms. The molecule has 6 N–H and O–H groups in total. The Labute approximate surface area is 240 Å². The Morgan fingerprint density at radius 1 is 0.625 bits per heavy atom. The van der Waals surface area contributed by atoms with Crippen molar-refractivity contribution in [1.29, 1.82) is 0 Å². The number of rotatable bonds is 25. The Morgan fingerprint density at radius 2 is 1.02 bits per heavy atom. The van der Waals surface area contributed by atoms with E-state index in [2.05, 4.69) is 6.92 Å². The Kier molecular flexibility index (Phi) is 21.2. The van der Waals surface area contributed by atoms with Crippen molar-refractivity contribution in [2.75, 3.05) is 26.9 Å². The molecule has 1 fully saturated rings. The second kappa shape index (κ2) is 22.4. The fourth-order valence-corrected chi connectivity index (χ4v) is 5.81. The Balaban J connectivity index is 2.05. The molecular weight excluding hydrogens is 543 g/mol. The smallest absolute Gasteiger partial charge is 0.387 e. The van der Waals surface area contributed by atoms with E-state index in [0.29, 0.717) is 6.61 Å². The first-order valence-electron chi connectivity index (χ1n) is 15.3. The number of phosphoric ester groups is 1. The van der Waals surface area contributed by atoms with Crippen molar-refractivity contribution >= 4 is 7.82 Å². The van der Waals surface area contributed by atoms with Gasteiger partial charge in [-0.1, -0.05) is 103 Å². The Bertz CT molecular complexity index is 640. The lowest BCUT2D eigenvalue weighted by molar-refractivity contribution is -0.220. The summed E-state index contributed by atoms with van der Waals surface area (Å²) >= 11 is 0. The first kappa shape index (κ1) is 37.9. The second-order valence-corrected chi connectivity index (χ2v) is 12.4. The minimum Gasteiger partial charge on any atom is -0.387 e. The largest absolute Gasteiger partial charge is 0.472 e. The van der Waals surface area contributed by atoms with Crippen LogP contribution in [0.3, 0.4) is 0 Å². The summed E-state index contributed by atoms with van der Waals surface area (Å²) in [6.07, 6.45) is 8.72. The molecule has 0 spiro atoms. The lowest BCUT2D eigenvalue weighted by Crippen LogP contribution is -2.64. The van der Waals surface area contributed by atoms with Gasteiger partial charge in [0.2, 0.25) is 0 Å². The van der Waals surface area contributed by atoms with Gasteiger partial charge in [-0.15, -0.1) is 0 Å². The minimum absolute atomic E-state index is 0.132. The van der Waals surface area contributed by atoms with E-state index in [-0.39, 0.29) is 13.2 Å². The van der Waals surface area contributed by atoms with Gasteiger partial charge in [0.25, 0.3) is 0 Å². The molecule has 0 amide bonds.